The highest BCUT2D eigenvalue weighted by Gasteiger charge is 2.05. The molecule has 0 fully saturated rings. The summed E-state index contributed by atoms with van der Waals surface area (Å²) in [7, 11) is 0. The van der Waals surface area contributed by atoms with Crippen molar-refractivity contribution < 1.29 is 0 Å². The van der Waals surface area contributed by atoms with Crippen LogP contribution in [-0.2, 0) is 0 Å². The van der Waals surface area contributed by atoms with E-state index in [9.17, 15) is 0 Å². The summed E-state index contributed by atoms with van der Waals surface area (Å²) < 4.78 is 0. The highest BCUT2D eigenvalue weighted by atomic mass is 35.5. The maximum Gasteiger partial charge on any atom is 0.139 e. The van der Waals surface area contributed by atoms with Gasteiger partial charge in [-0.3, -0.25) is 0 Å². The van der Waals surface area contributed by atoms with Crippen LogP contribution >= 0.6 is 46.9 Å². The Morgan fingerprint density at radius 3 is 2.31 bits per heavy atom. The van der Waals surface area contributed by atoms with Gasteiger partial charge in [-0.25, -0.2) is 4.98 Å². The molecule has 0 spiro atoms. The molecule has 76 valence electrons. The van der Waals surface area contributed by atoms with E-state index in [1.807, 2.05) is 10.9 Å². The summed E-state index contributed by atoms with van der Waals surface area (Å²) in [5.41, 5.74) is 1.81. The van der Waals surface area contributed by atoms with Gasteiger partial charge in [0.25, 0.3) is 0 Å². The molecule has 2 nitrogen and oxygen atoms in total. The molecule has 0 aliphatic heterocycles. The number of aromatic nitrogens is 1. The second-order valence-corrected chi connectivity index (χ2v) is 3.69. The lowest BCUT2D eigenvalue weighted by molar-refractivity contribution is 0.858. The molecular weight excluding hydrogens is 251 g/mol. The molecule has 0 bridgehead atoms. The maximum atomic E-state index is 5.64. The fourth-order valence-electron chi connectivity index (χ4n) is 0.907. The first-order valence-corrected chi connectivity index (χ1v) is 5.64. The van der Waals surface area contributed by atoms with Crippen molar-refractivity contribution in [2.24, 2.45) is 0 Å². The second-order valence-electron chi connectivity index (χ2n) is 2.21. The van der Waals surface area contributed by atoms with E-state index < -0.39 is 0 Å². The summed E-state index contributed by atoms with van der Waals surface area (Å²) in [5, 5.41) is 2.00. The van der Waals surface area contributed by atoms with Crippen LogP contribution in [0.15, 0.2) is 10.9 Å². The van der Waals surface area contributed by atoms with Gasteiger partial charge in [-0.05, 0) is 0 Å². The predicted octanol–water partition coefficient (Wildman–Crippen LogP) is 2.85. The Kier molecular flexibility index (Phi) is 7.86. The molecule has 0 saturated heterocycles. The number of thiazole rings is 1. The van der Waals surface area contributed by atoms with Crippen LogP contribution in [0, 0.1) is 0 Å². The van der Waals surface area contributed by atoms with Crippen molar-refractivity contribution in [1.29, 1.82) is 0 Å². The third-order valence-corrected chi connectivity index (χ3v) is 2.36. The molecule has 0 amide bonds. The molecule has 0 atom stereocenters. The van der Waals surface area contributed by atoms with Gasteiger partial charge >= 0.3 is 0 Å². The Hall–Kier alpha value is 0.300. The van der Waals surface area contributed by atoms with Gasteiger partial charge in [0.15, 0.2) is 0 Å². The van der Waals surface area contributed by atoms with Crippen molar-refractivity contribution in [2.45, 2.75) is 0 Å². The van der Waals surface area contributed by atoms with E-state index in [0.717, 1.165) is 18.9 Å². The Balaban J connectivity index is 0.00000144. The molecule has 0 aliphatic rings. The zero-order valence-electron chi connectivity index (χ0n) is 6.95. The van der Waals surface area contributed by atoms with Crippen molar-refractivity contribution in [2.75, 3.05) is 29.7 Å². The minimum absolute atomic E-state index is 0. The number of nitrogens with zero attached hydrogens (tertiary/aromatic N) is 2. The van der Waals surface area contributed by atoms with Gasteiger partial charge in [0.2, 0.25) is 0 Å². The lowest BCUT2D eigenvalue weighted by Crippen LogP contribution is -2.27. The molecule has 1 aromatic heterocycles. The van der Waals surface area contributed by atoms with Crippen molar-refractivity contribution in [3.05, 3.63) is 10.9 Å². The molecular formula is C7H11Cl3N2S. The Bertz CT molecular complexity index is 200. The highest BCUT2D eigenvalue weighted by molar-refractivity contribution is 7.07. The quantitative estimate of drug-likeness (QED) is 0.758. The van der Waals surface area contributed by atoms with E-state index >= 15 is 0 Å². The second kappa shape index (κ2) is 7.68. The monoisotopic (exact) mass is 260 g/mol. The number of hydrogen-bond donors (Lipinski definition) is 0. The molecule has 0 radical (unpaired) electrons. The van der Waals surface area contributed by atoms with Crippen LogP contribution in [0.4, 0.5) is 5.82 Å². The summed E-state index contributed by atoms with van der Waals surface area (Å²) in [5.74, 6) is 2.18. The average molecular weight is 262 g/mol. The minimum Gasteiger partial charge on any atom is -0.354 e. The molecule has 0 N–H and O–H groups in total. The Morgan fingerprint density at radius 1 is 1.31 bits per heavy atom. The molecule has 13 heavy (non-hydrogen) atoms. The van der Waals surface area contributed by atoms with Gasteiger partial charge < -0.3 is 4.90 Å². The number of anilines is 1. The maximum absolute atomic E-state index is 5.64. The van der Waals surface area contributed by atoms with E-state index in [0.29, 0.717) is 11.8 Å². The predicted molar refractivity (Wildman–Crippen MR) is 63.0 cm³/mol. The first-order chi connectivity index (χ1) is 5.88. The molecule has 1 aromatic rings. The zero-order chi connectivity index (χ0) is 8.81. The molecule has 0 aliphatic carbocycles. The number of hydrogen-bond acceptors (Lipinski definition) is 3. The molecule has 0 aromatic carbocycles. The Morgan fingerprint density at radius 2 is 1.92 bits per heavy atom. The fourth-order valence-corrected chi connectivity index (χ4v) is 1.88. The van der Waals surface area contributed by atoms with Crippen LogP contribution in [0.5, 0.6) is 0 Å². The topological polar surface area (TPSA) is 16.1 Å². The molecule has 1 rings (SSSR count). The van der Waals surface area contributed by atoms with Crippen molar-refractivity contribution in [3.8, 4) is 0 Å². The van der Waals surface area contributed by atoms with Gasteiger partial charge in [0, 0.05) is 30.2 Å². The van der Waals surface area contributed by atoms with Crippen LogP contribution in [0.1, 0.15) is 0 Å². The third kappa shape index (κ3) is 4.36. The smallest absolute Gasteiger partial charge is 0.139 e. The first kappa shape index (κ1) is 13.3. The van der Waals surface area contributed by atoms with Gasteiger partial charge in [-0.2, -0.15) is 0 Å². The Labute approximate surface area is 98.3 Å². The zero-order valence-corrected chi connectivity index (χ0v) is 10.1. The SMILES string of the molecule is Cl.ClCCN(CCCl)c1cscn1. The van der Waals surface area contributed by atoms with Gasteiger partial charge in [-0.1, -0.05) is 0 Å². The van der Waals surface area contributed by atoms with Crippen LogP contribution < -0.4 is 4.90 Å². The van der Waals surface area contributed by atoms with Gasteiger partial charge in [0.1, 0.15) is 5.82 Å². The molecule has 0 unspecified atom stereocenters. The summed E-state index contributed by atoms with van der Waals surface area (Å²) in [4.78, 5) is 6.26. The fraction of sp³-hybridized carbons (Fsp3) is 0.571. The van der Waals surface area contributed by atoms with Crippen LogP contribution in [0.2, 0.25) is 0 Å². The number of rotatable bonds is 5. The minimum atomic E-state index is 0. The lowest BCUT2D eigenvalue weighted by Gasteiger charge is -2.19. The molecule has 1 heterocycles. The highest BCUT2D eigenvalue weighted by Crippen LogP contribution is 2.13. The van der Waals surface area contributed by atoms with Crippen LogP contribution in [0.25, 0.3) is 0 Å². The summed E-state index contributed by atoms with van der Waals surface area (Å²) in [6, 6.07) is 0. The lowest BCUT2D eigenvalue weighted by atomic mass is 10.5. The van der Waals surface area contributed by atoms with Crippen molar-refractivity contribution in [1.82, 2.24) is 4.98 Å². The largest absolute Gasteiger partial charge is 0.354 e. The standard InChI is InChI=1S/C7H10Cl2N2S.ClH/c8-1-3-11(4-2-9)7-5-12-6-10-7;/h5-6H,1-4H2;1H. The molecule has 0 saturated carbocycles. The van der Waals surface area contributed by atoms with Crippen LogP contribution in [0.3, 0.4) is 0 Å². The number of alkyl halides is 2. The van der Waals surface area contributed by atoms with Gasteiger partial charge in [0.05, 0.1) is 5.51 Å². The number of halogens is 3. The van der Waals surface area contributed by atoms with Crippen molar-refractivity contribution in [3.63, 3.8) is 0 Å². The van der Waals surface area contributed by atoms with E-state index in [4.69, 9.17) is 23.2 Å². The third-order valence-electron chi connectivity index (χ3n) is 1.45. The van der Waals surface area contributed by atoms with Crippen LogP contribution in [-0.4, -0.2) is 29.8 Å². The normalized spacial score (nSPS) is 9.38. The van der Waals surface area contributed by atoms with E-state index in [2.05, 4.69) is 9.88 Å². The summed E-state index contributed by atoms with van der Waals surface area (Å²) in [6.45, 7) is 1.61. The first-order valence-electron chi connectivity index (χ1n) is 3.63. The summed E-state index contributed by atoms with van der Waals surface area (Å²) >= 11 is 12.9. The average Bonchev–Trinajstić information content (AvgIpc) is 2.56. The molecule has 6 heteroatoms. The van der Waals surface area contributed by atoms with E-state index in [-0.39, 0.29) is 12.4 Å². The summed E-state index contributed by atoms with van der Waals surface area (Å²) in [6.07, 6.45) is 0. The van der Waals surface area contributed by atoms with Crippen molar-refractivity contribution >= 4 is 52.8 Å². The van der Waals surface area contributed by atoms with Gasteiger partial charge in [-0.15, -0.1) is 46.9 Å². The van der Waals surface area contributed by atoms with E-state index in [1.165, 1.54) is 0 Å². The van der Waals surface area contributed by atoms with E-state index in [1.54, 1.807) is 11.3 Å².